The van der Waals surface area contributed by atoms with Crippen molar-refractivity contribution in [1.29, 1.82) is 5.39 Å². The van der Waals surface area contributed by atoms with Gasteiger partial charge in [-0.2, -0.15) is 16.8 Å². The van der Waals surface area contributed by atoms with E-state index in [0.717, 1.165) is 6.07 Å². The number of hydrogen-bond donors (Lipinski definition) is 2. The summed E-state index contributed by atoms with van der Waals surface area (Å²) in [5, 5.41) is 8.65. The Labute approximate surface area is 127 Å². The molecule has 0 amide bonds. The number of hydrogen-bond acceptors (Lipinski definition) is 5. The highest BCUT2D eigenvalue weighted by molar-refractivity contribution is 9.10. The van der Waals surface area contributed by atoms with Gasteiger partial charge < -0.3 is 17.0 Å². The van der Waals surface area contributed by atoms with Crippen molar-refractivity contribution in [3.8, 4) is 0 Å². The van der Waals surface area contributed by atoms with Gasteiger partial charge in [-0.25, -0.2) is 0 Å². The van der Waals surface area contributed by atoms with E-state index < -0.39 is 40.2 Å². The van der Waals surface area contributed by atoms with Gasteiger partial charge in [0.05, 0.1) is 16.1 Å². The van der Waals surface area contributed by atoms with Crippen LogP contribution in [0.25, 0.3) is 4.98 Å². The molecule has 0 unspecified atom stereocenters. The lowest BCUT2D eigenvalue weighted by Crippen LogP contribution is -3.00. The van der Waals surface area contributed by atoms with E-state index in [-0.39, 0.29) is 22.5 Å². The van der Waals surface area contributed by atoms with Crippen molar-refractivity contribution in [3.05, 3.63) is 21.1 Å². The lowest BCUT2D eigenvalue weighted by Gasteiger charge is -2.06. The van der Waals surface area contributed by atoms with Crippen LogP contribution in [0.3, 0.4) is 0 Å². The van der Waals surface area contributed by atoms with Crippen LogP contribution in [0.1, 0.15) is 5.56 Å². The van der Waals surface area contributed by atoms with E-state index in [0.29, 0.717) is 0 Å². The third-order valence-electron chi connectivity index (χ3n) is 2.05. The molecule has 0 heterocycles. The van der Waals surface area contributed by atoms with Gasteiger partial charge in [-0.05, 0) is 22.9 Å². The van der Waals surface area contributed by atoms with E-state index in [1.54, 1.807) is 0 Å². The Balaban J connectivity index is 0.00000324. The molecule has 0 saturated carbocycles. The Morgan fingerprint density at radius 3 is 2.00 bits per heavy atom. The molecule has 0 aromatic heterocycles. The predicted molar refractivity (Wildman–Crippen MR) is 63.3 cm³/mol. The zero-order valence-electron chi connectivity index (χ0n) is 9.07. The normalized spacial score (nSPS) is 11.5. The highest BCUT2D eigenvalue weighted by Crippen LogP contribution is 2.37. The second-order valence-corrected chi connectivity index (χ2v) is 6.75. The molecule has 0 atom stereocenters. The molecule has 2 N–H and O–H groups in total. The van der Waals surface area contributed by atoms with E-state index >= 15 is 0 Å². The third-order valence-corrected chi connectivity index (χ3v) is 5.30. The van der Waals surface area contributed by atoms with E-state index in [1.807, 2.05) is 0 Å². The highest BCUT2D eigenvalue weighted by Gasteiger charge is 2.31. The minimum atomic E-state index is -4.77. The average molecular weight is 438 g/mol. The topological polar surface area (TPSA) is 137 Å². The van der Waals surface area contributed by atoms with E-state index in [9.17, 15) is 16.8 Å². The van der Waals surface area contributed by atoms with E-state index in [1.165, 1.54) is 6.92 Å². The second-order valence-electron chi connectivity index (χ2n) is 3.21. The summed E-state index contributed by atoms with van der Waals surface area (Å²) in [7, 11) is -9.53. The fraction of sp³-hybridized carbons (Fsp3) is 0.143. The standard InChI is InChI=1S/C7H5BrN2O6S2.BrH/c1-3-4(10-9)2-5(17(11,12)13)6(8)7(3)18(14,15)16;/h2H,1H3,(H-,11,12,13,14,15,16);1H. The molecule has 8 nitrogen and oxygen atoms in total. The molecule has 0 spiro atoms. The average Bonchev–Trinajstić information content (AvgIpc) is 2.13. The maximum absolute atomic E-state index is 11.1. The first-order valence-corrected chi connectivity index (χ1v) is 7.80. The molecule has 0 bridgehead atoms. The molecule has 1 aromatic rings. The van der Waals surface area contributed by atoms with Crippen molar-refractivity contribution in [2.24, 2.45) is 0 Å². The van der Waals surface area contributed by atoms with E-state index in [4.69, 9.17) is 14.5 Å². The van der Waals surface area contributed by atoms with Crippen LogP contribution in [0.2, 0.25) is 0 Å². The predicted octanol–water partition coefficient (Wildman–Crippen LogP) is -1.26. The van der Waals surface area contributed by atoms with Crippen LogP contribution in [-0.2, 0) is 20.2 Å². The van der Waals surface area contributed by atoms with Gasteiger partial charge in [0, 0.05) is 0 Å². The van der Waals surface area contributed by atoms with Crippen LogP contribution in [-0.4, -0.2) is 25.9 Å². The summed E-state index contributed by atoms with van der Waals surface area (Å²) in [5.41, 5.74) is -0.599. The molecular weight excluding hydrogens is 432 g/mol. The Kier molecular flexibility index (Phi) is 5.64. The van der Waals surface area contributed by atoms with Gasteiger partial charge in [0.2, 0.25) is 5.39 Å². The maximum atomic E-state index is 11.1. The van der Waals surface area contributed by atoms with Crippen LogP contribution in [0, 0.1) is 12.3 Å². The number of rotatable bonds is 2. The van der Waals surface area contributed by atoms with Gasteiger partial charge in [0.15, 0.2) is 4.98 Å². The van der Waals surface area contributed by atoms with Gasteiger partial charge in [-0.15, -0.1) is 0 Å². The second kappa shape index (κ2) is 5.81. The smallest absolute Gasteiger partial charge is 0.390 e. The van der Waals surface area contributed by atoms with Crippen molar-refractivity contribution in [3.63, 3.8) is 0 Å². The SMILES string of the molecule is Cc1c([N+]#N)cc(S(=O)(=O)O)c(Br)c1S(=O)(=O)O.[Br-]. The van der Waals surface area contributed by atoms with Crippen LogP contribution in [0.4, 0.5) is 5.69 Å². The molecule has 0 aliphatic heterocycles. The molecule has 0 radical (unpaired) electrons. The molecule has 0 aliphatic rings. The van der Waals surface area contributed by atoms with Crippen LogP contribution < -0.4 is 17.0 Å². The van der Waals surface area contributed by atoms with Crippen LogP contribution in [0.15, 0.2) is 20.3 Å². The summed E-state index contributed by atoms with van der Waals surface area (Å²) >= 11 is 2.67. The number of benzene rings is 1. The van der Waals surface area contributed by atoms with Crippen molar-refractivity contribution in [2.75, 3.05) is 0 Å². The number of halogens is 2. The molecule has 12 heteroatoms. The van der Waals surface area contributed by atoms with Crippen molar-refractivity contribution < 1.29 is 42.9 Å². The summed E-state index contributed by atoms with van der Waals surface area (Å²) in [6.45, 7) is 1.19. The van der Waals surface area contributed by atoms with Crippen molar-refractivity contribution in [2.45, 2.75) is 16.7 Å². The van der Waals surface area contributed by atoms with Gasteiger partial charge in [0.25, 0.3) is 20.2 Å². The number of nitrogens with zero attached hydrogens (tertiary/aromatic N) is 2. The monoisotopic (exact) mass is 436 g/mol. The summed E-state index contributed by atoms with van der Waals surface area (Å²) in [5.74, 6) is 0. The summed E-state index contributed by atoms with van der Waals surface area (Å²) in [6, 6.07) is 0.753. The first-order chi connectivity index (χ1) is 8.00. The van der Waals surface area contributed by atoms with Gasteiger partial charge in [-0.3, -0.25) is 9.11 Å². The fourth-order valence-electron chi connectivity index (χ4n) is 1.29. The quantitative estimate of drug-likeness (QED) is 0.435. The third kappa shape index (κ3) is 3.71. The largest absolute Gasteiger partial charge is 1.00 e. The minimum Gasteiger partial charge on any atom is -1.00 e. The van der Waals surface area contributed by atoms with Gasteiger partial charge in [-0.1, -0.05) is 0 Å². The van der Waals surface area contributed by atoms with Crippen LogP contribution >= 0.6 is 15.9 Å². The molecule has 1 aromatic carbocycles. The zero-order chi connectivity index (χ0) is 14.3. The fourth-order valence-corrected chi connectivity index (χ4v) is 4.41. The molecule has 0 saturated heterocycles. The molecular formula is C7H6Br2N2O6S2. The molecule has 19 heavy (non-hydrogen) atoms. The van der Waals surface area contributed by atoms with Gasteiger partial charge >= 0.3 is 5.69 Å². The van der Waals surface area contributed by atoms with Crippen molar-refractivity contribution >= 4 is 41.9 Å². The summed E-state index contributed by atoms with van der Waals surface area (Å²) in [4.78, 5) is 1.05. The van der Waals surface area contributed by atoms with Crippen molar-refractivity contribution in [1.82, 2.24) is 0 Å². The number of diazo groups is 1. The molecule has 0 aliphatic carbocycles. The Morgan fingerprint density at radius 1 is 1.21 bits per heavy atom. The zero-order valence-corrected chi connectivity index (χ0v) is 13.9. The molecule has 0 fully saturated rings. The first kappa shape index (κ1) is 18.4. The summed E-state index contributed by atoms with van der Waals surface area (Å²) in [6.07, 6.45) is 0. The first-order valence-electron chi connectivity index (χ1n) is 4.13. The maximum Gasteiger partial charge on any atom is 0.390 e. The Hall–Kier alpha value is -0.580. The lowest BCUT2D eigenvalue weighted by atomic mass is 10.2. The van der Waals surface area contributed by atoms with Crippen LogP contribution in [0.5, 0.6) is 0 Å². The lowest BCUT2D eigenvalue weighted by molar-refractivity contribution is -0.0000122. The van der Waals surface area contributed by atoms with Gasteiger partial charge in [0.1, 0.15) is 9.79 Å². The minimum absolute atomic E-state index is 0. The highest BCUT2D eigenvalue weighted by atomic mass is 79.9. The molecule has 1 rings (SSSR count). The Bertz CT molecular complexity index is 766. The Morgan fingerprint density at radius 2 is 1.68 bits per heavy atom. The summed E-state index contributed by atoms with van der Waals surface area (Å²) < 4.78 is 61.7. The van der Waals surface area contributed by atoms with E-state index in [2.05, 4.69) is 20.9 Å². The molecule has 106 valence electrons.